The first kappa shape index (κ1) is 15.4. The summed E-state index contributed by atoms with van der Waals surface area (Å²) in [4.78, 5) is 4.43. The number of aromatic nitrogens is 6. The highest BCUT2D eigenvalue weighted by Gasteiger charge is 2.11. The zero-order chi connectivity index (χ0) is 16.1. The summed E-state index contributed by atoms with van der Waals surface area (Å²) in [5, 5.41) is 16.2. The molecule has 0 atom stereocenters. The van der Waals surface area contributed by atoms with Crippen molar-refractivity contribution in [3.8, 4) is 0 Å². The first-order valence-electron chi connectivity index (χ1n) is 7.12. The van der Waals surface area contributed by atoms with Gasteiger partial charge in [0.05, 0.1) is 18.7 Å². The Kier molecular flexibility index (Phi) is 4.82. The average molecular weight is 328 g/mol. The Bertz CT molecular complexity index is 797. The van der Waals surface area contributed by atoms with E-state index in [1.165, 1.54) is 22.9 Å². The van der Waals surface area contributed by atoms with Gasteiger partial charge in [-0.05, 0) is 28.5 Å². The largest absolute Gasteiger partial charge is 0.339 e. The highest BCUT2D eigenvalue weighted by molar-refractivity contribution is 7.98. The fourth-order valence-electron chi connectivity index (χ4n) is 2.06. The van der Waals surface area contributed by atoms with Crippen molar-refractivity contribution in [2.45, 2.75) is 30.8 Å². The van der Waals surface area contributed by atoms with E-state index in [0.29, 0.717) is 35.6 Å². The molecular weight excluding hydrogens is 312 g/mol. The number of rotatable bonds is 7. The smallest absolute Gasteiger partial charge is 0.231 e. The Labute approximate surface area is 137 Å². The number of hydrogen-bond donors (Lipinski definition) is 0. The van der Waals surface area contributed by atoms with Crippen LogP contribution in [0.3, 0.4) is 0 Å². The van der Waals surface area contributed by atoms with Crippen molar-refractivity contribution in [3.05, 3.63) is 59.8 Å². The van der Waals surface area contributed by atoms with Crippen molar-refractivity contribution in [3.63, 3.8) is 0 Å². The van der Waals surface area contributed by atoms with Crippen molar-refractivity contribution in [1.82, 2.24) is 30.3 Å². The number of tetrazole rings is 1. The predicted octanol–water partition coefficient (Wildman–Crippen LogP) is 2.43. The van der Waals surface area contributed by atoms with Gasteiger partial charge >= 0.3 is 0 Å². The maximum Gasteiger partial charge on any atom is 0.231 e. The number of thioether (sulfide) groups is 1. The van der Waals surface area contributed by atoms with Crippen LogP contribution in [0.1, 0.15) is 22.8 Å². The molecule has 3 aromatic rings. The van der Waals surface area contributed by atoms with Crippen LogP contribution in [-0.2, 0) is 18.7 Å². The number of aryl methyl sites for hydroxylation is 1. The lowest BCUT2D eigenvalue weighted by Crippen LogP contribution is -2.00. The number of allylic oxidation sites excluding steroid dienone is 1. The minimum Gasteiger partial charge on any atom is -0.339 e. The molecule has 7 nitrogen and oxygen atoms in total. The summed E-state index contributed by atoms with van der Waals surface area (Å²) in [6, 6.07) is 8.16. The zero-order valence-corrected chi connectivity index (χ0v) is 13.5. The average Bonchev–Trinajstić information content (AvgIpc) is 3.17. The van der Waals surface area contributed by atoms with Gasteiger partial charge in [-0.25, -0.2) is 4.68 Å². The second-order valence-electron chi connectivity index (χ2n) is 4.93. The van der Waals surface area contributed by atoms with Crippen molar-refractivity contribution < 1.29 is 4.52 Å². The fraction of sp³-hybridized carbons (Fsp3) is 0.267. The van der Waals surface area contributed by atoms with E-state index >= 15 is 0 Å². The lowest BCUT2D eigenvalue weighted by Gasteiger charge is -2.00. The first-order valence-corrected chi connectivity index (χ1v) is 8.10. The van der Waals surface area contributed by atoms with E-state index in [4.69, 9.17) is 4.52 Å². The van der Waals surface area contributed by atoms with Crippen LogP contribution in [0.2, 0.25) is 0 Å². The Hall–Kier alpha value is -2.48. The second-order valence-corrected chi connectivity index (χ2v) is 5.87. The Morgan fingerprint density at radius 3 is 3.04 bits per heavy atom. The minimum atomic E-state index is 0.550. The first-order chi connectivity index (χ1) is 11.3. The maximum absolute atomic E-state index is 5.32. The van der Waals surface area contributed by atoms with Crippen LogP contribution in [0.25, 0.3) is 0 Å². The monoisotopic (exact) mass is 328 g/mol. The van der Waals surface area contributed by atoms with E-state index < -0.39 is 0 Å². The summed E-state index contributed by atoms with van der Waals surface area (Å²) in [5.74, 6) is 1.79. The fourth-order valence-corrected chi connectivity index (χ4v) is 2.79. The van der Waals surface area contributed by atoms with Crippen LogP contribution in [0.15, 0.2) is 46.6 Å². The molecule has 8 heteroatoms. The minimum absolute atomic E-state index is 0.550. The molecule has 0 bridgehead atoms. The lowest BCUT2D eigenvalue weighted by atomic mass is 10.1. The molecule has 0 spiro atoms. The molecule has 0 aliphatic heterocycles. The highest BCUT2D eigenvalue weighted by Crippen LogP contribution is 2.19. The highest BCUT2D eigenvalue weighted by atomic mass is 32.2. The molecule has 2 aromatic heterocycles. The van der Waals surface area contributed by atoms with Gasteiger partial charge in [0, 0.05) is 0 Å². The molecule has 0 fully saturated rings. The summed E-state index contributed by atoms with van der Waals surface area (Å²) in [6.07, 6.45) is 2.38. The molecule has 0 saturated carbocycles. The molecule has 3 rings (SSSR count). The van der Waals surface area contributed by atoms with E-state index in [0.717, 1.165) is 0 Å². The molecule has 0 amide bonds. The molecule has 0 unspecified atom stereocenters. The predicted molar refractivity (Wildman–Crippen MR) is 85.9 cm³/mol. The van der Waals surface area contributed by atoms with Crippen LogP contribution in [0.5, 0.6) is 0 Å². The quantitative estimate of drug-likeness (QED) is 0.486. The SMILES string of the molecule is C=CCn1nnnc1SCc1noc(Cc2ccccc2C)n1. The summed E-state index contributed by atoms with van der Waals surface area (Å²) in [7, 11) is 0. The standard InChI is InChI=1S/C15H16N6OS/c1-3-8-21-15(17-19-20-21)23-10-13-16-14(22-18-13)9-12-7-5-4-6-11(12)2/h3-7H,1,8-10H2,2H3. The van der Waals surface area contributed by atoms with Gasteiger partial charge in [0.2, 0.25) is 11.0 Å². The van der Waals surface area contributed by atoms with Crippen LogP contribution < -0.4 is 0 Å². The molecule has 0 aliphatic carbocycles. The van der Waals surface area contributed by atoms with Gasteiger partial charge in [0.1, 0.15) is 0 Å². The molecule has 0 radical (unpaired) electrons. The molecular formula is C15H16N6OS. The van der Waals surface area contributed by atoms with E-state index in [1.807, 2.05) is 12.1 Å². The molecule has 0 N–H and O–H groups in total. The van der Waals surface area contributed by atoms with Crippen molar-refractivity contribution in [2.75, 3.05) is 0 Å². The molecule has 118 valence electrons. The van der Waals surface area contributed by atoms with Gasteiger partial charge in [0.15, 0.2) is 5.82 Å². The third-order valence-electron chi connectivity index (χ3n) is 3.24. The summed E-state index contributed by atoms with van der Waals surface area (Å²) >= 11 is 1.46. The van der Waals surface area contributed by atoms with Crippen LogP contribution in [0, 0.1) is 6.92 Å². The van der Waals surface area contributed by atoms with Gasteiger partial charge in [-0.2, -0.15) is 4.98 Å². The molecule has 0 aliphatic rings. The van der Waals surface area contributed by atoms with Gasteiger partial charge in [-0.15, -0.1) is 11.7 Å². The normalized spacial score (nSPS) is 10.8. The van der Waals surface area contributed by atoms with E-state index in [-0.39, 0.29) is 0 Å². The molecule has 23 heavy (non-hydrogen) atoms. The topological polar surface area (TPSA) is 82.5 Å². The number of benzene rings is 1. The van der Waals surface area contributed by atoms with E-state index in [2.05, 4.69) is 51.3 Å². The van der Waals surface area contributed by atoms with Gasteiger partial charge in [0.25, 0.3) is 0 Å². The van der Waals surface area contributed by atoms with Crippen LogP contribution in [-0.4, -0.2) is 30.3 Å². The maximum atomic E-state index is 5.32. The Morgan fingerprint density at radius 2 is 2.22 bits per heavy atom. The van der Waals surface area contributed by atoms with Crippen LogP contribution in [0.4, 0.5) is 0 Å². The summed E-state index contributed by atoms with van der Waals surface area (Å²) in [5.41, 5.74) is 2.40. The van der Waals surface area contributed by atoms with Gasteiger partial charge in [-0.3, -0.25) is 0 Å². The molecule has 2 heterocycles. The zero-order valence-electron chi connectivity index (χ0n) is 12.7. The van der Waals surface area contributed by atoms with E-state index in [1.54, 1.807) is 10.8 Å². The lowest BCUT2D eigenvalue weighted by molar-refractivity contribution is 0.381. The summed E-state index contributed by atoms with van der Waals surface area (Å²) < 4.78 is 6.99. The number of hydrogen-bond acceptors (Lipinski definition) is 7. The Balaban J connectivity index is 1.62. The third-order valence-corrected chi connectivity index (χ3v) is 4.20. The van der Waals surface area contributed by atoms with Crippen LogP contribution >= 0.6 is 11.8 Å². The summed E-state index contributed by atoms with van der Waals surface area (Å²) in [6.45, 7) is 6.32. The van der Waals surface area contributed by atoms with Crippen molar-refractivity contribution in [2.24, 2.45) is 0 Å². The molecule has 0 saturated heterocycles. The second kappa shape index (κ2) is 7.19. The van der Waals surface area contributed by atoms with Crippen molar-refractivity contribution in [1.29, 1.82) is 0 Å². The van der Waals surface area contributed by atoms with Crippen molar-refractivity contribution >= 4 is 11.8 Å². The Morgan fingerprint density at radius 1 is 1.35 bits per heavy atom. The third kappa shape index (κ3) is 3.84. The number of nitrogens with zero attached hydrogens (tertiary/aromatic N) is 6. The van der Waals surface area contributed by atoms with E-state index in [9.17, 15) is 0 Å². The molecule has 1 aromatic carbocycles. The van der Waals surface area contributed by atoms with Gasteiger partial charge < -0.3 is 4.52 Å². The van der Waals surface area contributed by atoms with Gasteiger partial charge in [-0.1, -0.05) is 47.3 Å².